The molecule has 0 fully saturated rings. The normalized spacial score (nSPS) is 11.5. The number of nitrogens with one attached hydrogen (secondary N) is 2. The first kappa shape index (κ1) is 12.4. The van der Waals surface area contributed by atoms with Gasteiger partial charge >= 0.3 is 0 Å². The van der Waals surface area contributed by atoms with Gasteiger partial charge in [0, 0.05) is 7.05 Å². The lowest BCUT2D eigenvalue weighted by Gasteiger charge is -2.00. The summed E-state index contributed by atoms with van der Waals surface area (Å²) in [5.41, 5.74) is 4.73. The maximum absolute atomic E-state index is 4.90. The van der Waals surface area contributed by atoms with Crippen molar-refractivity contribution in [2.45, 2.75) is 6.92 Å². The van der Waals surface area contributed by atoms with Crippen LogP contribution in [0.3, 0.4) is 0 Å². The lowest BCUT2D eigenvalue weighted by Crippen LogP contribution is -2.28. The van der Waals surface area contributed by atoms with Crippen LogP contribution in [-0.2, 0) is 0 Å². The van der Waals surface area contributed by atoms with Crippen molar-refractivity contribution in [1.29, 1.82) is 0 Å². The number of thiocarbonyl (C=S) groups is 1. The molecular weight excluding hydrogens is 218 g/mol. The predicted molar refractivity (Wildman–Crippen MR) is 73.4 cm³/mol. The molecular formula is C12H15N3S. The molecule has 4 heteroatoms. The lowest BCUT2D eigenvalue weighted by molar-refractivity contribution is 0.975. The SMILES string of the molecule is CNC(=S)N/N=C(\C)C=Cc1ccccc1. The van der Waals surface area contributed by atoms with Crippen LogP contribution in [-0.4, -0.2) is 17.9 Å². The molecule has 0 unspecified atom stereocenters. The molecule has 0 spiro atoms. The van der Waals surface area contributed by atoms with Gasteiger partial charge in [0.2, 0.25) is 0 Å². The van der Waals surface area contributed by atoms with E-state index in [4.69, 9.17) is 12.2 Å². The van der Waals surface area contributed by atoms with E-state index >= 15 is 0 Å². The fourth-order valence-corrected chi connectivity index (χ4v) is 1.06. The molecule has 0 aromatic heterocycles. The van der Waals surface area contributed by atoms with Crippen LogP contribution in [0.5, 0.6) is 0 Å². The first-order chi connectivity index (χ1) is 7.72. The number of hydrogen-bond acceptors (Lipinski definition) is 2. The Morgan fingerprint density at radius 2 is 2.00 bits per heavy atom. The maximum atomic E-state index is 4.90. The quantitative estimate of drug-likeness (QED) is 0.477. The molecule has 84 valence electrons. The van der Waals surface area contributed by atoms with Crippen molar-refractivity contribution in [1.82, 2.24) is 10.7 Å². The molecule has 1 aromatic rings. The van der Waals surface area contributed by atoms with Gasteiger partial charge in [0.05, 0.1) is 5.71 Å². The highest BCUT2D eigenvalue weighted by molar-refractivity contribution is 7.80. The van der Waals surface area contributed by atoms with Gasteiger partial charge in [0.15, 0.2) is 5.11 Å². The van der Waals surface area contributed by atoms with E-state index in [1.54, 1.807) is 7.05 Å². The van der Waals surface area contributed by atoms with Crippen molar-refractivity contribution >= 4 is 29.1 Å². The highest BCUT2D eigenvalue weighted by Crippen LogP contribution is 2.00. The average Bonchev–Trinajstić information content (AvgIpc) is 2.34. The van der Waals surface area contributed by atoms with Gasteiger partial charge in [-0.1, -0.05) is 36.4 Å². The third-order valence-electron chi connectivity index (χ3n) is 1.88. The van der Waals surface area contributed by atoms with E-state index in [0.29, 0.717) is 5.11 Å². The highest BCUT2D eigenvalue weighted by Gasteiger charge is 1.88. The molecule has 0 saturated heterocycles. The van der Waals surface area contributed by atoms with Gasteiger partial charge < -0.3 is 5.32 Å². The largest absolute Gasteiger partial charge is 0.364 e. The van der Waals surface area contributed by atoms with Crippen molar-refractivity contribution in [3.8, 4) is 0 Å². The number of nitrogens with zero attached hydrogens (tertiary/aromatic N) is 1. The van der Waals surface area contributed by atoms with Crippen molar-refractivity contribution < 1.29 is 0 Å². The third kappa shape index (κ3) is 4.70. The monoisotopic (exact) mass is 233 g/mol. The average molecular weight is 233 g/mol. The fourth-order valence-electron chi connectivity index (χ4n) is 1.01. The summed E-state index contributed by atoms with van der Waals surface area (Å²) in [6.45, 7) is 1.91. The topological polar surface area (TPSA) is 36.4 Å². The zero-order valence-corrected chi connectivity index (χ0v) is 10.2. The van der Waals surface area contributed by atoms with Crippen LogP contribution in [0.25, 0.3) is 6.08 Å². The van der Waals surface area contributed by atoms with E-state index in [1.165, 1.54) is 0 Å². The smallest absolute Gasteiger partial charge is 0.186 e. The molecule has 1 aromatic carbocycles. The van der Waals surface area contributed by atoms with Gasteiger partial charge in [-0.05, 0) is 30.8 Å². The molecule has 2 N–H and O–H groups in total. The number of benzene rings is 1. The van der Waals surface area contributed by atoms with Crippen LogP contribution in [0.2, 0.25) is 0 Å². The Labute approximate surface area is 101 Å². The summed E-state index contributed by atoms with van der Waals surface area (Å²) < 4.78 is 0. The van der Waals surface area contributed by atoms with Gasteiger partial charge in [-0.15, -0.1) is 0 Å². The second kappa shape index (κ2) is 6.74. The van der Waals surface area contributed by atoms with Crippen LogP contribution < -0.4 is 10.7 Å². The van der Waals surface area contributed by atoms with Crippen molar-refractivity contribution in [3.63, 3.8) is 0 Å². The molecule has 0 aliphatic heterocycles. The summed E-state index contributed by atoms with van der Waals surface area (Å²) in [7, 11) is 1.75. The van der Waals surface area contributed by atoms with E-state index in [-0.39, 0.29) is 0 Å². The van der Waals surface area contributed by atoms with Gasteiger partial charge in [0.1, 0.15) is 0 Å². The number of allylic oxidation sites excluding steroid dienone is 1. The second-order valence-corrected chi connectivity index (χ2v) is 3.60. The van der Waals surface area contributed by atoms with Crippen molar-refractivity contribution in [3.05, 3.63) is 42.0 Å². The summed E-state index contributed by atoms with van der Waals surface area (Å²) in [4.78, 5) is 0. The minimum atomic E-state index is 0.507. The summed E-state index contributed by atoms with van der Waals surface area (Å²) in [5, 5.41) is 7.38. The number of hydrogen-bond donors (Lipinski definition) is 2. The molecule has 0 radical (unpaired) electrons. The maximum Gasteiger partial charge on any atom is 0.186 e. The Morgan fingerprint density at radius 3 is 2.62 bits per heavy atom. The molecule has 0 amide bonds. The van der Waals surface area contributed by atoms with E-state index in [0.717, 1.165) is 11.3 Å². The summed E-state index contributed by atoms with van der Waals surface area (Å²) in [5.74, 6) is 0. The van der Waals surface area contributed by atoms with Crippen LogP contribution in [0, 0.1) is 0 Å². The van der Waals surface area contributed by atoms with E-state index < -0.39 is 0 Å². The molecule has 0 heterocycles. The molecule has 0 aliphatic carbocycles. The van der Waals surface area contributed by atoms with Gasteiger partial charge in [-0.3, -0.25) is 5.43 Å². The van der Waals surface area contributed by atoms with Crippen LogP contribution in [0.15, 0.2) is 41.5 Å². The first-order valence-electron chi connectivity index (χ1n) is 4.97. The second-order valence-electron chi connectivity index (χ2n) is 3.19. The molecule has 3 nitrogen and oxygen atoms in total. The van der Waals surface area contributed by atoms with E-state index in [2.05, 4.69) is 15.8 Å². The van der Waals surface area contributed by atoms with Crippen LogP contribution in [0.1, 0.15) is 12.5 Å². The summed E-state index contributed by atoms with van der Waals surface area (Å²) in [6, 6.07) is 10.1. The molecule has 1 rings (SSSR count). The molecule has 0 bridgehead atoms. The van der Waals surface area contributed by atoms with E-state index in [1.807, 2.05) is 49.4 Å². The first-order valence-corrected chi connectivity index (χ1v) is 5.38. The molecule has 0 atom stereocenters. The van der Waals surface area contributed by atoms with Gasteiger partial charge in [-0.2, -0.15) is 5.10 Å². The van der Waals surface area contributed by atoms with Crippen LogP contribution in [0.4, 0.5) is 0 Å². The van der Waals surface area contributed by atoms with Gasteiger partial charge in [0.25, 0.3) is 0 Å². The predicted octanol–water partition coefficient (Wildman–Crippen LogP) is 2.17. The Bertz CT molecular complexity index is 396. The van der Waals surface area contributed by atoms with Crippen molar-refractivity contribution in [2.24, 2.45) is 5.10 Å². The minimum Gasteiger partial charge on any atom is -0.364 e. The zero-order chi connectivity index (χ0) is 11.8. The molecule has 0 aliphatic rings. The van der Waals surface area contributed by atoms with E-state index in [9.17, 15) is 0 Å². The Morgan fingerprint density at radius 1 is 1.31 bits per heavy atom. The number of hydrazone groups is 1. The summed E-state index contributed by atoms with van der Waals surface area (Å²) in [6.07, 6.45) is 3.93. The Balaban J connectivity index is 2.54. The van der Waals surface area contributed by atoms with Crippen LogP contribution >= 0.6 is 12.2 Å². The Hall–Kier alpha value is -1.68. The minimum absolute atomic E-state index is 0.507. The van der Waals surface area contributed by atoms with Crippen molar-refractivity contribution in [2.75, 3.05) is 7.05 Å². The Kier molecular flexibility index (Phi) is 5.22. The fraction of sp³-hybridized carbons (Fsp3) is 0.167. The summed E-state index contributed by atoms with van der Waals surface area (Å²) >= 11 is 4.90. The van der Waals surface area contributed by atoms with Gasteiger partial charge in [-0.25, -0.2) is 0 Å². The molecule has 0 saturated carbocycles. The number of rotatable bonds is 3. The highest BCUT2D eigenvalue weighted by atomic mass is 32.1. The lowest BCUT2D eigenvalue weighted by atomic mass is 10.2. The standard InChI is InChI=1S/C12H15N3S/c1-10(14-15-12(16)13-2)8-9-11-6-4-3-5-7-11/h3-9H,1-2H3,(H2,13,15,16)/b9-8?,14-10+. The third-order valence-corrected chi connectivity index (χ3v) is 2.17. The molecule has 16 heavy (non-hydrogen) atoms. The zero-order valence-electron chi connectivity index (χ0n) is 9.40.